The largest absolute Gasteiger partial charge is 0.475 e. The number of hydrogen-bond acceptors (Lipinski definition) is 5. The minimum Gasteiger partial charge on any atom is -0.475 e. The molecular formula is C12H11NO5S2. The molecule has 0 amide bonds. The van der Waals surface area contributed by atoms with Crippen LogP contribution in [-0.4, -0.2) is 30.3 Å². The van der Waals surface area contributed by atoms with Crippen LogP contribution in [0.1, 0.15) is 21.0 Å². The Morgan fingerprint density at radius 3 is 2.85 bits per heavy atom. The number of hydrogen-bond donors (Lipinski definition) is 1. The van der Waals surface area contributed by atoms with Crippen molar-refractivity contribution in [3.05, 3.63) is 39.8 Å². The number of rotatable bonds is 3. The maximum absolute atomic E-state index is 12.4. The minimum atomic E-state index is -3.79. The summed E-state index contributed by atoms with van der Waals surface area (Å²) in [6.45, 7) is 0.670. The quantitative estimate of drug-likeness (QED) is 0.933. The molecule has 0 saturated heterocycles. The van der Waals surface area contributed by atoms with Gasteiger partial charge in [0.05, 0.1) is 0 Å². The molecule has 0 atom stereocenters. The van der Waals surface area contributed by atoms with E-state index in [1.54, 1.807) is 11.3 Å². The lowest BCUT2D eigenvalue weighted by Gasteiger charge is -2.25. The van der Waals surface area contributed by atoms with Crippen molar-refractivity contribution in [3.63, 3.8) is 0 Å². The van der Waals surface area contributed by atoms with Crippen LogP contribution in [0.4, 0.5) is 0 Å². The molecule has 2 aromatic heterocycles. The Labute approximate surface area is 119 Å². The topological polar surface area (TPSA) is 87.8 Å². The fourth-order valence-electron chi connectivity index (χ4n) is 2.13. The van der Waals surface area contributed by atoms with E-state index in [4.69, 9.17) is 9.52 Å². The molecule has 8 heteroatoms. The van der Waals surface area contributed by atoms with E-state index in [1.165, 1.54) is 15.2 Å². The van der Waals surface area contributed by atoms with E-state index < -0.39 is 16.0 Å². The van der Waals surface area contributed by atoms with Crippen molar-refractivity contribution in [2.45, 2.75) is 18.1 Å². The molecule has 20 heavy (non-hydrogen) atoms. The molecule has 3 heterocycles. The van der Waals surface area contributed by atoms with E-state index in [-0.39, 0.29) is 10.9 Å². The van der Waals surface area contributed by atoms with Crippen molar-refractivity contribution < 1.29 is 22.7 Å². The van der Waals surface area contributed by atoms with Crippen molar-refractivity contribution in [1.82, 2.24) is 4.31 Å². The molecule has 0 saturated carbocycles. The highest BCUT2D eigenvalue weighted by atomic mass is 32.2. The molecule has 0 fully saturated rings. The lowest BCUT2D eigenvalue weighted by Crippen LogP contribution is -2.35. The average molecular weight is 313 g/mol. The van der Waals surface area contributed by atoms with Gasteiger partial charge in [0.25, 0.3) is 10.0 Å². The van der Waals surface area contributed by atoms with Crippen molar-refractivity contribution in [1.29, 1.82) is 0 Å². The maximum Gasteiger partial charge on any atom is 0.371 e. The third-order valence-corrected chi connectivity index (χ3v) is 5.90. The van der Waals surface area contributed by atoms with Crippen LogP contribution in [0.3, 0.4) is 0 Å². The molecule has 0 spiro atoms. The molecule has 0 aliphatic carbocycles. The van der Waals surface area contributed by atoms with E-state index in [2.05, 4.69) is 0 Å². The highest BCUT2D eigenvalue weighted by molar-refractivity contribution is 7.89. The number of furan rings is 1. The zero-order valence-electron chi connectivity index (χ0n) is 10.3. The molecule has 1 aliphatic rings. The standard InChI is InChI=1S/C12H11NO5S2/c14-12(15)9-1-2-11(18-9)20(16,17)13-5-3-10-8(7-13)4-6-19-10/h1-2,4,6H,3,5,7H2,(H,14,15). The van der Waals surface area contributed by atoms with Crippen LogP contribution in [0.15, 0.2) is 33.1 Å². The Morgan fingerprint density at radius 2 is 2.15 bits per heavy atom. The Morgan fingerprint density at radius 1 is 1.35 bits per heavy atom. The van der Waals surface area contributed by atoms with E-state index in [1.807, 2.05) is 11.4 Å². The number of sulfonamides is 1. The summed E-state index contributed by atoms with van der Waals surface area (Å²) in [5.41, 5.74) is 0.995. The van der Waals surface area contributed by atoms with Crippen LogP contribution < -0.4 is 0 Å². The van der Waals surface area contributed by atoms with Gasteiger partial charge in [-0.3, -0.25) is 0 Å². The monoisotopic (exact) mass is 313 g/mol. The smallest absolute Gasteiger partial charge is 0.371 e. The van der Waals surface area contributed by atoms with Gasteiger partial charge in [-0.25, -0.2) is 13.2 Å². The SMILES string of the molecule is O=C(O)c1ccc(S(=O)(=O)N2CCc3sccc3C2)o1. The summed E-state index contributed by atoms with van der Waals surface area (Å²) in [5.74, 6) is -1.66. The summed E-state index contributed by atoms with van der Waals surface area (Å²) in [4.78, 5) is 11.9. The van der Waals surface area contributed by atoms with Crippen LogP contribution in [0, 0.1) is 0 Å². The van der Waals surface area contributed by atoms with E-state index in [0.717, 1.165) is 11.6 Å². The van der Waals surface area contributed by atoms with Crippen molar-refractivity contribution >= 4 is 27.3 Å². The summed E-state index contributed by atoms with van der Waals surface area (Å²) in [6, 6.07) is 4.24. The van der Waals surface area contributed by atoms with Gasteiger partial charge in [-0.1, -0.05) is 0 Å². The summed E-state index contributed by atoms with van der Waals surface area (Å²) in [5, 5.41) is 10.4. The molecular weight excluding hydrogens is 302 g/mol. The van der Waals surface area contributed by atoms with Gasteiger partial charge in [-0.05, 0) is 35.6 Å². The Bertz CT molecular complexity index is 758. The zero-order chi connectivity index (χ0) is 14.3. The fourth-order valence-corrected chi connectivity index (χ4v) is 4.35. The minimum absolute atomic E-state index is 0.296. The van der Waals surface area contributed by atoms with Crippen molar-refractivity contribution in [2.75, 3.05) is 6.54 Å². The number of fused-ring (bicyclic) bond motifs is 1. The van der Waals surface area contributed by atoms with E-state index in [9.17, 15) is 13.2 Å². The summed E-state index contributed by atoms with van der Waals surface area (Å²) in [6.07, 6.45) is 0.665. The van der Waals surface area contributed by atoms with Gasteiger partial charge in [0.1, 0.15) is 0 Å². The number of carboxylic acid groups (broad SMARTS) is 1. The van der Waals surface area contributed by atoms with E-state index >= 15 is 0 Å². The van der Waals surface area contributed by atoms with Crippen LogP contribution in [0.25, 0.3) is 0 Å². The molecule has 1 N–H and O–H groups in total. The van der Waals surface area contributed by atoms with Crippen LogP contribution in [0.5, 0.6) is 0 Å². The predicted molar refractivity (Wildman–Crippen MR) is 71.3 cm³/mol. The molecule has 2 aromatic rings. The lowest BCUT2D eigenvalue weighted by molar-refractivity contribution is 0.0656. The molecule has 0 unspecified atom stereocenters. The number of carbonyl (C=O) groups is 1. The van der Waals surface area contributed by atoms with Crippen molar-refractivity contribution in [2.24, 2.45) is 0 Å². The number of carboxylic acids is 1. The van der Waals surface area contributed by atoms with Gasteiger partial charge in [0.15, 0.2) is 0 Å². The van der Waals surface area contributed by atoms with Gasteiger partial charge < -0.3 is 9.52 Å². The van der Waals surface area contributed by atoms with Crippen molar-refractivity contribution in [3.8, 4) is 0 Å². The van der Waals surface area contributed by atoms with Gasteiger partial charge in [-0.2, -0.15) is 4.31 Å². The van der Waals surface area contributed by atoms with Gasteiger partial charge in [0, 0.05) is 18.0 Å². The van der Waals surface area contributed by atoms with Gasteiger partial charge in [0.2, 0.25) is 10.9 Å². The third-order valence-electron chi connectivity index (χ3n) is 3.16. The summed E-state index contributed by atoms with van der Waals surface area (Å²) < 4.78 is 31.0. The lowest BCUT2D eigenvalue weighted by atomic mass is 10.1. The van der Waals surface area contributed by atoms with Crippen LogP contribution in [0.2, 0.25) is 0 Å². The summed E-state index contributed by atoms with van der Waals surface area (Å²) in [7, 11) is -3.79. The predicted octanol–water partition coefficient (Wildman–Crippen LogP) is 1.79. The molecule has 0 bridgehead atoms. The second kappa shape index (κ2) is 4.72. The summed E-state index contributed by atoms with van der Waals surface area (Å²) >= 11 is 1.62. The van der Waals surface area contributed by atoms with Crippen LogP contribution in [-0.2, 0) is 23.0 Å². The normalized spacial score (nSPS) is 16.0. The number of thiophene rings is 1. The van der Waals surface area contributed by atoms with Gasteiger partial charge in [-0.15, -0.1) is 11.3 Å². The molecule has 0 aromatic carbocycles. The number of nitrogens with zero attached hydrogens (tertiary/aromatic N) is 1. The second-order valence-electron chi connectivity index (χ2n) is 4.38. The first-order valence-corrected chi connectivity index (χ1v) is 8.19. The first-order valence-electron chi connectivity index (χ1n) is 5.87. The average Bonchev–Trinajstić information content (AvgIpc) is 3.07. The molecule has 1 aliphatic heterocycles. The molecule has 0 radical (unpaired) electrons. The fraction of sp³-hybridized carbons (Fsp3) is 0.250. The third kappa shape index (κ3) is 2.15. The second-order valence-corrected chi connectivity index (χ2v) is 7.25. The highest BCUT2D eigenvalue weighted by Crippen LogP contribution is 2.28. The Hall–Kier alpha value is -1.64. The first-order chi connectivity index (χ1) is 9.48. The zero-order valence-corrected chi connectivity index (χ0v) is 11.9. The Kier molecular flexibility index (Phi) is 3.15. The molecule has 106 valence electrons. The maximum atomic E-state index is 12.4. The highest BCUT2D eigenvalue weighted by Gasteiger charge is 2.31. The molecule has 6 nitrogen and oxygen atoms in total. The number of aromatic carboxylic acids is 1. The van der Waals surface area contributed by atoms with Gasteiger partial charge >= 0.3 is 5.97 Å². The van der Waals surface area contributed by atoms with Crippen LogP contribution >= 0.6 is 11.3 Å². The first kappa shape index (κ1) is 13.3. The van der Waals surface area contributed by atoms with E-state index in [0.29, 0.717) is 19.5 Å². The molecule has 3 rings (SSSR count). The Balaban J connectivity index is 1.90.